The minimum absolute atomic E-state index is 0.487. The van der Waals surface area contributed by atoms with Crippen molar-refractivity contribution in [3.63, 3.8) is 0 Å². The highest BCUT2D eigenvalue weighted by atomic mass is 14.5. The van der Waals surface area contributed by atoms with E-state index in [0.29, 0.717) is 0 Å². The van der Waals surface area contributed by atoms with Gasteiger partial charge < -0.3 is 0 Å². The zero-order chi connectivity index (χ0) is 41.2. The molecule has 1 spiro atoms. The topological polar surface area (TPSA) is 0 Å². The first-order valence-electron chi connectivity index (χ1n) is 22.1. The summed E-state index contributed by atoms with van der Waals surface area (Å²) in [5, 5.41) is 12.7. The van der Waals surface area contributed by atoms with E-state index in [4.69, 9.17) is 0 Å². The molecule has 0 nitrogen and oxygen atoms in total. The van der Waals surface area contributed by atoms with Crippen LogP contribution in [0.5, 0.6) is 0 Å². The van der Waals surface area contributed by atoms with E-state index in [9.17, 15) is 0 Å². The summed E-state index contributed by atoms with van der Waals surface area (Å²) in [4.78, 5) is 0. The van der Waals surface area contributed by atoms with E-state index in [-0.39, 0.29) is 0 Å². The summed E-state index contributed by atoms with van der Waals surface area (Å²) in [6, 6.07) is 86.7. The predicted octanol–water partition coefficient (Wildman–Crippen LogP) is 16.8. The van der Waals surface area contributed by atoms with Gasteiger partial charge in [0.25, 0.3) is 0 Å². The SMILES string of the molecule is c1ccc2c(c1)-c1ccccc1C21c2ccc3ccccc3c2-c2c1cc(-c1c3ccccc3c(-c3ccc(-c4ccc5ccccc5c4)cc3)c3ccccc13)c1ccccc21. The van der Waals surface area contributed by atoms with Gasteiger partial charge >= 0.3 is 0 Å². The summed E-state index contributed by atoms with van der Waals surface area (Å²) in [6.07, 6.45) is 0. The first-order valence-corrected chi connectivity index (χ1v) is 22.1. The largest absolute Gasteiger partial charge is 0.0726 e. The van der Waals surface area contributed by atoms with Gasteiger partial charge in [0.15, 0.2) is 0 Å². The number of benzene rings is 12. The Balaban J connectivity index is 1.07. The molecule has 12 aromatic carbocycles. The Morgan fingerprint density at radius 3 is 1.30 bits per heavy atom. The van der Waals surface area contributed by atoms with Crippen molar-refractivity contribution in [2.24, 2.45) is 0 Å². The van der Waals surface area contributed by atoms with E-state index in [1.54, 1.807) is 0 Å². The van der Waals surface area contributed by atoms with Crippen molar-refractivity contribution in [1.29, 1.82) is 0 Å². The van der Waals surface area contributed by atoms with Crippen LogP contribution in [0.1, 0.15) is 22.3 Å². The van der Waals surface area contributed by atoms with E-state index in [0.717, 1.165) is 0 Å². The molecule has 0 aromatic heterocycles. The van der Waals surface area contributed by atoms with Crippen LogP contribution >= 0.6 is 0 Å². The van der Waals surface area contributed by atoms with Gasteiger partial charge in [-0.15, -0.1) is 0 Å². The predicted molar refractivity (Wildman–Crippen MR) is 267 cm³/mol. The Hall–Kier alpha value is -8.06. The van der Waals surface area contributed by atoms with Crippen molar-refractivity contribution in [3.05, 3.63) is 253 Å². The van der Waals surface area contributed by atoms with Crippen LogP contribution in [-0.2, 0) is 5.41 Å². The normalized spacial score (nSPS) is 13.2. The van der Waals surface area contributed by atoms with Crippen LogP contribution in [0, 0.1) is 0 Å². The van der Waals surface area contributed by atoms with E-state index < -0.39 is 5.41 Å². The molecule has 0 saturated heterocycles. The molecule has 0 saturated carbocycles. The molecule has 0 amide bonds. The molecule has 0 atom stereocenters. The van der Waals surface area contributed by atoms with Gasteiger partial charge in [-0.1, -0.05) is 218 Å². The number of rotatable bonds is 3. The molecule has 0 aliphatic heterocycles. The summed E-state index contributed by atoms with van der Waals surface area (Å²) in [5.74, 6) is 0. The van der Waals surface area contributed by atoms with Gasteiger partial charge in [-0.05, 0) is 144 Å². The van der Waals surface area contributed by atoms with Crippen LogP contribution in [-0.4, -0.2) is 0 Å². The second kappa shape index (κ2) is 13.0. The highest BCUT2D eigenvalue weighted by molar-refractivity contribution is 6.25. The fourth-order valence-electron chi connectivity index (χ4n) is 11.9. The Morgan fingerprint density at radius 2 is 0.651 bits per heavy atom. The molecule has 0 fully saturated rings. The van der Waals surface area contributed by atoms with Crippen molar-refractivity contribution in [3.8, 4) is 55.6 Å². The molecule has 2 aliphatic carbocycles. The maximum atomic E-state index is 2.61. The summed E-state index contributed by atoms with van der Waals surface area (Å²) in [6.45, 7) is 0. The van der Waals surface area contributed by atoms with Crippen molar-refractivity contribution < 1.29 is 0 Å². The molecular weight excluding hydrogens is 757 g/mol. The van der Waals surface area contributed by atoms with Gasteiger partial charge in [0.05, 0.1) is 5.41 Å². The maximum absolute atomic E-state index is 2.61. The Bertz CT molecular complexity index is 3800. The van der Waals surface area contributed by atoms with Crippen LogP contribution in [0.3, 0.4) is 0 Å². The van der Waals surface area contributed by atoms with E-state index in [1.807, 2.05) is 0 Å². The smallest absolute Gasteiger partial charge is 0.0619 e. The third kappa shape index (κ3) is 4.65. The van der Waals surface area contributed by atoms with Crippen LogP contribution in [0.2, 0.25) is 0 Å². The van der Waals surface area contributed by atoms with Crippen molar-refractivity contribution in [2.75, 3.05) is 0 Å². The lowest BCUT2D eigenvalue weighted by atomic mass is 9.69. The molecule has 290 valence electrons. The molecule has 0 heterocycles. The summed E-state index contributed by atoms with van der Waals surface area (Å²) < 4.78 is 0. The van der Waals surface area contributed by atoms with E-state index in [2.05, 4.69) is 231 Å². The van der Waals surface area contributed by atoms with Gasteiger partial charge in [-0.2, -0.15) is 0 Å². The number of fused-ring (bicyclic) bond motifs is 17. The average Bonchev–Trinajstić information content (AvgIpc) is 3.83. The standard InChI is InChI=1S/C63H38/c1-2-17-43-37-44(34-31-39(43)15-1)40-29-32-42(33-30-40)59-50-23-7-9-25-52(50)60(53-26-10-8-24-51(53)59)54-38-58-62(49-22-6-5-19-46(49)54)61-45-18-4-3-16-41(45)35-36-57(61)63(58)55-27-13-11-20-47(55)48-21-12-14-28-56(48)63/h1-38H. The molecule has 14 rings (SSSR count). The molecule has 63 heavy (non-hydrogen) atoms. The third-order valence-corrected chi connectivity index (χ3v) is 14.4. The van der Waals surface area contributed by atoms with E-state index >= 15 is 0 Å². The Morgan fingerprint density at radius 1 is 0.206 bits per heavy atom. The highest BCUT2D eigenvalue weighted by Gasteiger charge is 2.52. The van der Waals surface area contributed by atoms with E-state index in [1.165, 1.54) is 132 Å². The molecule has 2 aliphatic rings. The van der Waals surface area contributed by atoms with Gasteiger partial charge in [-0.3, -0.25) is 0 Å². The molecule has 12 aromatic rings. The fourth-order valence-corrected chi connectivity index (χ4v) is 11.9. The second-order valence-corrected chi connectivity index (χ2v) is 17.4. The monoisotopic (exact) mass is 794 g/mol. The summed E-state index contributed by atoms with van der Waals surface area (Å²) in [5.41, 5.74) is 17.8. The van der Waals surface area contributed by atoms with Crippen LogP contribution in [0.4, 0.5) is 0 Å². The molecule has 0 radical (unpaired) electrons. The zero-order valence-corrected chi connectivity index (χ0v) is 34.4. The second-order valence-electron chi connectivity index (χ2n) is 17.4. The third-order valence-electron chi connectivity index (χ3n) is 14.4. The molecule has 0 bridgehead atoms. The van der Waals surface area contributed by atoms with Crippen molar-refractivity contribution >= 4 is 53.9 Å². The molecule has 0 unspecified atom stereocenters. The lowest BCUT2D eigenvalue weighted by molar-refractivity contribution is 0.795. The van der Waals surface area contributed by atoms with Crippen LogP contribution < -0.4 is 0 Å². The lowest BCUT2D eigenvalue weighted by Crippen LogP contribution is -2.26. The number of hydrogen-bond donors (Lipinski definition) is 0. The van der Waals surface area contributed by atoms with Crippen molar-refractivity contribution in [1.82, 2.24) is 0 Å². The van der Waals surface area contributed by atoms with Gasteiger partial charge in [0.1, 0.15) is 0 Å². The average molecular weight is 795 g/mol. The van der Waals surface area contributed by atoms with Crippen molar-refractivity contribution in [2.45, 2.75) is 5.41 Å². The zero-order valence-electron chi connectivity index (χ0n) is 34.4. The Labute approximate surface area is 366 Å². The highest BCUT2D eigenvalue weighted by Crippen LogP contribution is 2.65. The minimum atomic E-state index is -0.487. The van der Waals surface area contributed by atoms with Gasteiger partial charge in [0.2, 0.25) is 0 Å². The fraction of sp³-hybridized carbons (Fsp3) is 0.0159. The maximum Gasteiger partial charge on any atom is 0.0726 e. The first-order chi connectivity index (χ1) is 31.3. The van der Waals surface area contributed by atoms with Crippen LogP contribution in [0.15, 0.2) is 231 Å². The summed E-state index contributed by atoms with van der Waals surface area (Å²) in [7, 11) is 0. The van der Waals surface area contributed by atoms with Gasteiger partial charge in [0, 0.05) is 0 Å². The quantitative estimate of drug-likeness (QED) is 0.156. The number of hydrogen-bond acceptors (Lipinski definition) is 0. The first kappa shape index (κ1) is 34.6. The van der Waals surface area contributed by atoms with Gasteiger partial charge in [-0.25, -0.2) is 0 Å². The Kier molecular flexibility index (Phi) is 7.13. The summed E-state index contributed by atoms with van der Waals surface area (Å²) >= 11 is 0. The molecular formula is C63H38. The lowest BCUT2D eigenvalue weighted by Gasteiger charge is -2.31. The van der Waals surface area contributed by atoms with Crippen LogP contribution in [0.25, 0.3) is 109 Å². The molecule has 0 heteroatoms. The minimum Gasteiger partial charge on any atom is -0.0619 e. The molecule has 0 N–H and O–H groups in total.